The Bertz CT molecular complexity index is 794. The van der Waals surface area contributed by atoms with Gasteiger partial charge in [0.05, 0.1) is 12.8 Å². The first-order valence-corrected chi connectivity index (χ1v) is 8.06. The van der Waals surface area contributed by atoms with Gasteiger partial charge < -0.3 is 14.8 Å². The van der Waals surface area contributed by atoms with Crippen molar-refractivity contribution < 1.29 is 23.0 Å². The number of ether oxygens (including phenoxy) is 2. The maximum atomic E-state index is 12.3. The highest BCUT2D eigenvalue weighted by atomic mass is 79.9. The largest absolute Gasteiger partial charge is 0.493 e. The molecule has 132 valence electrons. The molecule has 2 aromatic rings. The van der Waals surface area contributed by atoms with Crippen molar-refractivity contribution in [1.82, 2.24) is 0 Å². The van der Waals surface area contributed by atoms with Crippen LogP contribution in [0.5, 0.6) is 11.5 Å². The van der Waals surface area contributed by atoms with Crippen molar-refractivity contribution >= 4 is 33.6 Å². The van der Waals surface area contributed by atoms with Gasteiger partial charge >= 0.3 is 6.61 Å². The molecule has 7 heteroatoms. The van der Waals surface area contributed by atoms with E-state index in [1.807, 2.05) is 19.1 Å². The molecule has 0 spiro atoms. The van der Waals surface area contributed by atoms with E-state index in [1.165, 1.54) is 25.3 Å². The summed E-state index contributed by atoms with van der Waals surface area (Å²) in [7, 11) is 1.35. The quantitative estimate of drug-likeness (QED) is 0.678. The summed E-state index contributed by atoms with van der Waals surface area (Å²) < 4.78 is 34.8. The normalized spacial score (nSPS) is 11.0. The van der Waals surface area contributed by atoms with Gasteiger partial charge in [-0.25, -0.2) is 0 Å². The lowest BCUT2D eigenvalue weighted by molar-refractivity contribution is -0.111. The average molecular weight is 412 g/mol. The van der Waals surface area contributed by atoms with Crippen molar-refractivity contribution in [2.24, 2.45) is 0 Å². The second kappa shape index (κ2) is 8.62. The summed E-state index contributed by atoms with van der Waals surface area (Å²) in [4.78, 5) is 12.0. The number of carbonyl (C=O) groups excluding carboxylic acids is 1. The van der Waals surface area contributed by atoms with Crippen molar-refractivity contribution in [2.75, 3.05) is 12.4 Å². The van der Waals surface area contributed by atoms with Crippen molar-refractivity contribution in [3.05, 3.63) is 58.1 Å². The summed E-state index contributed by atoms with van der Waals surface area (Å²) in [5.74, 6) is -0.233. The third-order valence-electron chi connectivity index (χ3n) is 3.21. The summed E-state index contributed by atoms with van der Waals surface area (Å²) >= 11 is 3.39. The molecule has 2 rings (SSSR count). The lowest BCUT2D eigenvalue weighted by Crippen LogP contribution is -2.08. The molecule has 2 aromatic carbocycles. The van der Waals surface area contributed by atoms with E-state index in [-0.39, 0.29) is 17.4 Å². The Labute approximate surface area is 152 Å². The molecular formula is C18H16BrF2NO3. The van der Waals surface area contributed by atoms with Crippen LogP contribution in [0.4, 0.5) is 14.5 Å². The average Bonchev–Trinajstić information content (AvgIpc) is 2.56. The molecule has 1 N–H and O–H groups in total. The molecule has 0 heterocycles. The number of aryl methyl sites for hydroxylation is 1. The highest BCUT2D eigenvalue weighted by Gasteiger charge is 2.10. The SMILES string of the molecule is COc1cc(/C=C/C(=O)Nc2ccc(C)cc2Br)ccc1OC(F)F. The van der Waals surface area contributed by atoms with E-state index < -0.39 is 6.61 Å². The van der Waals surface area contributed by atoms with Crippen LogP contribution < -0.4 is 14.8 Å². The van der Waals surface area contributed by atoms with Gasteiger partial charge in [0.2, 0.25) is 5.91 Å². The van der Waals surface area contributed by atoms with Crippen LogP contribution in [0.15, 0.2) is 46.9 Å². The van der Waals surface area contributed by atoms with Crippen LogP contribution in [0.1, 0.15) is 11.1 Å². The minimum Gasteiger partial charge on any atom is -0.493 e. The molecular weight excluding hydrogens is 396 g/mol. The van der Waals surface area contributed by atoms with E-state index in [2.05, 4.69) is 26.0 Å². The molecule has 0 saturated heterocycles. The summed E-state index contributed by atoms with van der Waals surface area (Å²) in [5.41, 5.74) is 2.33. The van der Waals surface area contributed by atoms with E-state index in [9.17, 15) is 13.6 Å². The molecule has 0 aliphatic heterocycles. The molecule has 25 heavy (non-hydrogen) atoms. The van der Waals surface area contributed by atoms with Crippen molar-refractivity contribution in [1.29, 1.82) is 0 Å². The van der Waals surface area contributed by atoms with Crippen LogP contribution in [-0.4, -0.2) is 19.6 Å². The van der Waals surface area contributed by atoms with Crippen LogP contribution in [0.2, 0.25) is 0 Å². The van der Waals surface area contributed by atoms with E-state index in [0.29, 0.717) is 11.3 Å². The van der Waals surface area contributed by atoms with Crippen LogP contribution in [0.25, 0.3) is 6.08 Å². The number of amides is 1. The molecule has 0 unspecified atom stereocenters. The molecule has 0 saturated carbocycles. The Morgan fingerprint density at radius 2 is 1.96 bits per heavy atom. The van der Waals surface area contributed by atoms with Gasteiger partial charge in [-0.2, -0.15) is 8.78 Å². The maximum absolute atomic E-state index is 12.3. The second-order valence-corrected chi connectivity index (χ2v) is 5.95. The number of nitrogens with one attached hydrogen (secondary N) is 1. The van der Waals surface area contributed by atoms with Gasteiger partial charge in [0.15, 0.2) is 11.5 Å². The maximum Gasteiger partial charge on any atom is 0.387 e. The molecule has 0 radical (unpaired) electrons. The standard InChI is InChI=1S/C18H16BrF2NO3/c1-11-3-6-14(13(19)9-11)22-17(23)8-5-12-4-7-15(25-18(20)21)16(10-12)24-2/h3-10,18H,1-2H3,(H,22,23)/b8-5+. The third kappa shape index (κ3) is 5.56. The molecule has 0 aliphatic rings. The number of alkyl halides is 2. The van der Waals surface area contributed by atoms with Crippen molar-refractivity contribution in [2.45, 2.75) is 13.5 Å². The first-order chi connectivity index (χ1) is 11.9. The molecule has 0 bridgehead atoms. The molecule has 1 amide bonds. The van der Waals surface area contributed by atoms with E-state index in [1.54, 1.807) is 18.2 Å². The topological polar surface area (TPSA) is 47.6 Å². The zero-order valence-corrected chi connectivity index (χ0v) is 15.1. The van der Waals surface area contributed by atoms with Gasteiger partial charge in [0, 0.05) is 10.5 Å². The summed E-state index contributed by atoms with van der Waals surface area (Å²) in [6, 6.07) is 9.99. The molecule has 4 nitrogen and oxygen atoms in total. The number of halogens is 3. The fourth-order valence-corrected chi connectivity index (χ4v) is 2.64. The van der Waals surface area contributed by atoms with Gasteiger partial charge in [0.25, 0.3) is 0 Å². The Hall–Kier alpha value is -2.41. The monoisotopic (exact) mass is 411 g/mol. The number of hydrogen-bond donors (Lipinski definition) is 1. The zero-order chi connectivity index (χ0) is 18.4. The Kier molecular flexibility index (Phi) is 6.52. The van der Waals surface area contributed by atoms with Crippen LogP contribution >= 0.6 is 15.9 Å². The molecule has 0 atom stereocenters. The van der Waals surface area contributed by atoms with Crippen molar-refractivity contribution in [3.63, 3.8) is 0 Å². The van der Waals surface area contributed by atoms with Crippen molar-refractivity contribution in [3.8, 4) is 11.5 Å². The van der Waals surface area contributed by atoms with E-state index >= 15 is 0 Å². The minimum absolute atomic E-state index is 0.0670. The van der Waals surface area contributed by atoms with Crippen LogP contribution in [-0.2, 0) is 4.79 Å². The first-order valence-electron chi connectivity index (χ1n) is 7.27. The van der Waals surface area contributed by atoms with E-state index in [0.717, 1.165) is 10.0 Å². The number of carbonyl (C=O) groups is 1. The first kappa shape index (κ1) is 18.9. The van der Waals surface area contributed by atoms with Crippen LogP contribution in [0.3, 0.4) is 0 Å². The molecule has 0 fully saturated rings. The number of methoxy groups -OCH3 is 1. The Balaban J connectivity index is 2.08. The Morgan fingerprint density at radius 3 is 2.60 bits per heavy atom. The molecule has 0 aliphatic carbocycles. The summed E-state index contributed by atoms with van der Waals surface area (Å²) in [6.45, 7) is -0.987. The summed E-state index contributed by atoms with van der Waals surface area (Å²) in [5, 5.41) is 2.75. The number of rotatable bonds is 6. The lowest BCUT2D eigenvalue weighted by atomic mass is 10.2. The number of hydrogen-bond acceptors (Lipinski definition) is 3. The smallest absolute Gasteiger partial charge is 0.387 e. The van der Waals surface area contributed by atoms with Gasteiger partial charge in [-0.3, -0.25) is 4.79 Å². The van der Waals surface area contributed by atoms with Gasteiger partial charge in [-0.15, -0.1) is 0 Å². The summed E-state index contributed by atoms with van der Waals surface area (Å²) in [6.07, 6.45) is 2.89. The Morgan fingerprint density at radius 1 is 1.20 bits per heavy atom. The second-order valence-electron chi connectivity index (χ2n) is 5.09. The number of anilines is 1. The lowest BCUT2D eigenvalue weighted by Gasteiger charge is -2.10. The highest BCUT2D eigenvalue weighted by molar-refractivity contribution is 9.10. The zero-order valence-electron chi connectivity index (χ0n) is 13.6. The predicted molar refractivity (Wildman–Crippen MR) is 96.2 cm³/mol. The third-order valence-corrected chi connectivity index (χ3v) is 3.87. The van der Waals surface area contributed by atoms with Gasteiger partial charge in [0.1, 0.15) is 0 Å². The molecule has 0 aromatic heterocycles. The highest BCUT2D eigenvalue weighted by Crippen LogP contribution is 2.30. The van der Waals surface area contributed by atoms with E-state index in [4.69, 9.17) is 4.74 Å². The van der Waals surface area contributed by atoms with Gasteiger partial charge in [-0.1, -0.05) is 12.1 Å². The fourth-order valence-electron chi connectivity index (χ4n) is 2.05. The fraction of sp³-hybridized carbons (Fsp3) is 0.167. The van der Waals surface area contributed by atoms with Gasteiger partial charge in [-0.05, 0) is 64.3 Å². The predicted octanol–water partition coefficient (Wildman–Crippen LogP) is 5.02. The van der Waals surface area contributed by atoms with Crippen LogP contribution in [0, 0.1) is 6.92 Å². The number of benzene rings is 2. The minimum atomic E-state index is -2.94.